The average Bonchev–Trinajstić information content (AvgIpc) is 2.05. The number of alkyl halides is 2. The van der Waals surface area contributed by atoms with E-state index in [0.717, 1.165) is 5.56 Å². The first-order valence-electron chi connectivity index (χ1n) is 3.87. The highest BCUT2D eigenvalue weighted by atomic mass is 19.3. The van der Waals surface area contributed by atoms with Gasteiger partial charge in [-0.1, -0.05) is 6.07 Å². The minimum atomic E-state index is -3.21. The molecule has 1 aromatic carbocycles. The minimum Gasteiger partial charge on any atom is -0.479 e. The minimum absolute atomic E-state index is 0.0989. The van der Waals surface area contributed by atoms with Crippen molar-refractivity contribution in [3.05, 3.63) is 23.8 Å². The van der Waals surface area contributed by atoms with Gasteiger partial charge >= 0.3 is 6.11 Å². The molecule has 0 saturated heterocycles. The number of benzene rings is 1. The maximum absolute atomic E-state index is 12.6. The highest BCUT2D eigenvalue weighted by molar-refractivity contribution is 5.43. The third-order valence-corrected chi connectivity index (χ3v) is 1.75. The molecule has 1 aromatic rings. The molecule has 0 unspecified atom stereocenters. The smallest absolute Gasteiger partial charge is 0.433 e. The van der Waals surface area contributed by atoms with Crippen molar-refractivity contribution < 1.29 is 18.3 Å². The van der Waals surface area contributed by atoms with Gasteiger partial charge in [0.15, 0.2) is 18.1 Å². The van der Waals surface area contributed by atoms with E-state index < -0.39 is 12.7 Å². The lowest BCUT2D eigenvalue weighted by Gasteiger charge is -2.25. The zero-order valence-corrected chi connectivity index (χ0v) is 7.01. The predicted molar refractivity (Wildman–Crippen MR) is 42.2 cm³/mol. The first-order valence-corrected chi connectivity index (χ1v) is 3.87. The maximum atomic E-state index is 12.6. The lowest BCUT2D eigenvalue weighted by atomic mass is 10.2. The molecule has 2 rings (SSSR count). The van der Waals surface area contributed by atoms with Gasteiger partial charge in [0.05, 0.1) is 0 Å². The summed E-state index contributed by atoms with van der Waals surface area (Å²) in [5.74, 6) is 0.479. The summed E-state index contributed by atoms with van der Waals surface area (Å²) in [6.07, 6.45) is -3.21. The predicted octanol–water partition coefficient (Wildman–Crippen LogP) is 2.36. The van der Waals surface area contributed by atoms with E-state index in [0.29, 0.717) is 5.75 Å². The van der Waals surface area contributed by atoms with Crippen LogP contribution in [0.3, 0.4) is 0 Å². The van der Waals surface area contributed by atoms with E-state index >= 15 is 0 Å². The molecule has 2 nitrogen and oxygen atoms in total. The second-order valence-corrected chi connectivity index (χ2v) is 2.98. The van der Waals surface area contributed by atoms with Crippen molar-refractivity contribution in [2.24, 2.45) is 0 Å². The van der Waals surface area contributed by atoms with Crippen molar-refractivity contribution >= 4 is 0 Å². The molecule has 0 fully saturated rings. The van der Waals surface area contributed by atoms with Crippen LogP contribution < -0.4 is 9.47 Å². The third-order valence-electron chi connectivity index (χ3n) is 1.75. The van der Waals surface area contributed by atoms with Gasteiger partial charge in [-0.25, -0.2) is 0 Å². The molecule has 0 atom stereocenters. The summed E-state index contributed by atoms with van der Waals surface area (Å²) in [6.45, 7) is 1.14. The Morgan fingerprint density at radius 3 is 2.85 bits per heavy atom. The molecule has 1 aliphatic heterocycles. The molecule has 4 heteroatoms. The van der Waals surface area contributed by atoms with E-state index in [1.54, 1.807) is 12.1 Å². The third kappa shape index (κ3) is 1.56. The van der Waals surface area contributed by atoms with Gasteiger partial charge in [-0.3, -0.25) is 0 Å². The zero-order chi connectivity index (χ0) is 9.47. The average molecular weight is 186 g/mol. The van der Waals surface area contributed by atoms with Crippen LogP contribution in [0.2, 0.25) is 0 Å². The van der Waals surface area contributed by atoms with Gasteiger partial charge in [-0.15, -0.1) is 0 Å². The number of aryl methyl sites for hydroxylation is 1. The Morgan fingerprint density at radius 2 is 2.08 bits per heavy atom. The number of halogens is 2. The molecule has 0 aliphatic carbocycles. The molecular formula is C9H8F2O2. The summed E-state index contributed by atoms with van der Waals surface area (Å²) in [4.78, 5) is 0. The van der Waals surface area contributed by atoms with Gasteiger partial charge in [-0.2, -0.15) is 8.78 Å². The molecule has 70 valence electrons. The normalized spacial score (nSPS) is 18.4. The topological polar surface area (TPSA) is 18.5 Å². The molecule has 0 amide bonds. The van der Waals surface area contributed by atoms with Crippen molar-refractivity contribution in [3.63, 3.8) is 0 Å². The number of fused-ring (bicyclic) bond motifs is 1. The number of rotatable bonds is 0. The van der Waals surface area contributed by atoms with Crippen LogP contribution in [-0.2, 0) is 0 Å². The highest BCUT2D eigenvalue weighted by Gasteiger charge is 2.37. The van der Waals surface area contributed by atoms with E-state index in [9.17, 15) is 8.78 Å². The lowest BCUT2D eigenvalue weighted by molar-refractivity contribution is -0.208. The summed E-state index contributed by atoms with van der Waals surface area (Å²) in [5.41, 5.74) is 0.951. The quantitative estimate of drug-likeness (QED) is 0.619. The van der Waals surface area contributed by atoms with E-state index in [1.165, 1.54) is 6.07 Å². The summed E-state index contributed by atoms with van der Waals surface area (Å²) in [6, 6.07) is 4.85. The molecule has 1 aliphatic rings. The summed E-state index contributed by atoms with van der Waals surface area (Å²) < 4.78 is 34.5. The number of ether oxygens (including phenoxy) is 2. The van der Waals surface area contributed by atoms with Gasteiger partial charge in [0.2, 0.25) is 0 Å². The van der Waals surface area contributed by atoms with Gasteiger partial charge in [0.1, 0.15) is 0 Å². The van der Waals surface area contributed by atoms with Crippen molar-refractivity contribution in [1.82, 2.24) is 0 Å². The van der Waals surface area contributed by atoms with E-state index in [4.69, 9.17) is 4.74 Å². The Kier molecular flexibility index (Phi) is 1.65. The fourth-order valence-electron chi connectivity index (χ4n) is 1.16. The molecular weight excluding hydrogens is 178 g/mol. The molecule has 0 radical (unpaired) electrons. The molecule has 0 saturated carbocycles. The number of hydrogen-bond donors (Lipinski definition) is 0. The molecule has 1 heterocycles. The zero-order valence-electron chi connectivity index (χ0n) is 7.01. The van der Waals surface area contributed by atoms with Crippen LogP contribution in [0.4, 0.5) is 8.78 Å². The molecule has 0 bridgehead atoms. The van der Waals surface area contributed by atoms with Crippen LogP contribution >= 0.6 is 0 Å². The van der Waals surface area contributed by atoms with E-state index in [-0.39, 0.29) is 5.75 Å². The fourth-order valence-corrected chi connectivity index (χ4v) is 1.16. The monoisotopic (exact) mass is 186 g/mol. The second kappa shape index (κ2) is 2.58. The molecule has 0 spiro atoms. The van der Waals surface area contributed by atoms with Crippen LogP contribution in [0.25, 0.3) is 0 Å². The van der Waals surface area contributed by atoms with Crippen molar-refractivity contribution in [3.8, 4) is 11.5 Å². The SMILES string of the molecule is Cc1ccc2c(c1)OCC(F)(F)O2. The van der Waals surface area contributed by atoms with Crippen molar-refractivity contribution in [2.45, 2.75) is 13.0 Å². The highest BCUT2D eigenvalue weighted by Crippen LogP contribution is 2.36. The van der Waals surface area contributed by atoms with Crippen LogP contribution in [0, 0.1) is 6.92 Å². The van der Waals surface area contributed by atoms with Gasteiger partial charge < -0.3 is 9.47 Å². The Labute approximate surface area is 74.1 Å². The van der Waals surface area contributed by atoms with Crippen LogP contribution in [0.1, 0.15) is 5.56 Å². The van der Waals surface area contributed by atoms with Gasteiger partial charge in [-0.05, 0) is 24.6 Å². The summed E-state index contributed by atoms with van der Waals surface area (Å²) in [7, 11) is 0. The lowest BCUT2D eigenvalue weighted by Crippen LogP contribution is -2.35. The Balaban J connectivity index is 2.37. The van der Waals surface area contributed by atoms with Gasteiger partial charge in [0.25, 0.3) is 0 Å². The maximum Gasteiger partial charge on any atom is 0.433 e. The van der Waals surface area contributed by atoms with Crippen LogP contribution in [0.5, 0.6) is 11.5 Å². The Morgan fingerprint density at radius 1 is 1.31 bits per heavy atom. The summed E-state index contributed by atoms with van der Waals surface area (Å²) in [5, 5.41) is 0. The Hall–Kier alpha value is -1.32. The second-order valence-electron chi connectivity index (χ2n) is 2.98. The molecule has 0 aromatic heterocycles. The van der Waals surface area contributed by atoms with Crippen molar-refractivity contribution in [2.75, 3.05) is 6.61 Å². The van der Waals surface area contributed by atoms with Gasteiger partial charge in [0, 0.05) is 0 Å². The molecule has 0 N–H and O–H groups in total. The largest absolute Gasteiger partial charge is 0.479 e. The van der Waals surface area contributed by atoms with Crippen LogP contribution in [0.15, 0.2) is 18.2 Å². The fraction of sp³-hybridized carbons (Fsp3) is 0.333. The van der Waals surface area contributed by atoms with E-state index in [1.807, 2.05) is 6.92 Å². The first-order chi connectivity index (χ1) is 6.07. The molecule has 13 heavy (non-hydrogen) atoms. The standard InChI is InChI=1S/C9H8F2O2/c1-6-2-3-7-8(4-6)12-5-9(10,11)13-7/h2-4H,5H2,1H3. The van der Waals surface area contributed by atoms with Crippen LogP contribution in [-0.4, -0.2) is 12.7 Å². The van der Waals surface area contributed by atoms with E-state index in [2.05, 4.69) is 4.74 Å². The summed E-state index contributed by atoms with van der Waals surface area (Å²) >= 11 is 0. The Bertz CT molecular complexity index is 336. The van der Waals surface area contributed by atoms with Crippen molar-refractivity contribution in [1.29, 1.82) is 0 Å². The first kappa shape index (κ1) is 8.29. The number of hydrogen-bond acceptors (Lipinski definition) is 2.